The number of ether oxygens (including phenoxy) is 1. The van der Waals surface area contributed by atoms with Crippen LogP contribution in [-0.2, 0) is 9.53 Å². The number of alkyl halides is 9. The van der Waals surface area contributed by atoms with Crippen LogP contribution in [0.15, 0.2) is 12.2 Å². The Bertz CT molecular complexity index is 621. The number of carbonyl (C=O) groups is 1. The van der Waals surface area contributed by atoms with Gasteiger partial charge in [0.15, 0.2) is 0 Å². The zero-order valence-electron chi connectivity index (χ0n) is 14.4. The van der Waals surface area contributed by atoms with Crippen molar-refractivity contribution in [2.75, 3.05) is 0 Å². The fourth-order valence-corrected chi connectivity index (χ4v) is 4.35. The molecule has 0 aromatic rings. The molecule has 2 rings (SSSR count). The number of carbonyl (C=O) groups excluding carboxylic acids is 1. The molecule has 162 valence electrons. The van der Waals surface area contributed by atoms with Crippen LogP contribution in [0, 0.1) is 23.7 Å². The van der Waals surface area contributed by atoms with E-state index < -0.39 is 71.9 Å². The lowest BCUT2D eigenvalue weighted by molar-refractivity contribution is -0.373. The van der Waals surface area contributed by atoms with E-state index in [9.17, 15) is 49.4 Å². The minimum Gasteiger partial charge on any atom is -0.458 e. The average molecular weight is 428 g/mol. The lowest BCUT2D eigenvalue weighted by atomic mass is 9.77. The largest absolute Gasteiger partial charge is 0.458 e. The topological polar surface area (TPSA) is 46.5 Å². The maximum Gasteiger partial charge on any atom is 0.426 e. The van der Waals surface area contributed by atoms with Crippen molar-refractivity contribution in [2.45, 2.75) is 56.4 Å². The van der Waals surface area contributed by atoms with E-state index in [0.717, 1.165) is 0 Å². The lowest BCUT2D eigenvalue weighted by Gasteiger charge is -2.38. The molecule has 5 atom stereocenters. The first-order valence-corrected chi connectivity index (χ1v) is 8.23. The predicted octanol–water partition coefficient (Wildman–Crippen LogP) is 4.55. The van der Waals surface area contributed by atoms with E-state index in [0.29, 0.717) is 0 Å². The Morgan fingerprint density at radius 1 is 1.04 bits per heavy atom. The Labute approximate surface area is 153 Å². The number of halogens is 9. The zero-order valence-corrected chi connectivity index (χ0v) is 14.4. The fourth-order valence-electron chi connectivity index (χ4n) is 4.35. The van der Waals surface area contributed by atoms with E-state index in [1.807, 2.05) is 0 Å². The van der Waals surface area contributed by atoms with Gasteiger partial charge in [0.1, 0.15) is 11.7 Å². The van der Waals surface area contributed by atoms with Gasteiger partial charge in [0.25, 0.3) is 5.60 Å². The molecule has 2 fully saturated rings. The Morgan fingerprint density at radius 2 is 1.54 bits per heavy atom. The number of fused-ring (bicyclic) bond motifs is 2. The predicted molar refractivity (Wildman–Crippen MR) is 75.6 cm³/mol. The van der Waals surface area contributed by atoms with Crippen LogP contribution in [0.5, 0.6) is 0 Å². The van der Waals surface area contributed by atoms with Crippen LogP contribution in [0.4, 0.5) is 39.5 Å². The second kappa shape index (κ2) is 6.81. The Hall–Kier alpha value is -1.46. The molecule has 12 heteroatoms. The summed E-state index contributed by atoms with van der Waals surface area (Å²) in [6.45, 7) is 4.07. The third-order valence-electron chi connectivity index (χ3n) is 5.81. The molecule has 0 amide bonds. The molecular weight excluding hydrogens is 411 g/mol. The highest BCUT2D eigenvalue weighted by Crippen LogP contribution is 2.58. The van der Waals surface area contributed by atoms with Gasteiger partial charge >= 0.3 is 24.5 Å². The maximum atomic E-state index is 12.9. The molecular formula is C16H17F9O3. The van der Waals surface area contributed by atoms with E-state index in [4.69, 9.17) is 4.74 Å². The second-order valence-corrected chi connectivity index (χ2v) is 7.41. The Balaban J connectivity index is 2.21. The first-order chi connectivity index (χ1) is 12.4. The molecule has 0 heterocycles. The molecule has 0 aromatic heterocycles. The molecule has 4 unspecified atom stereocenters. The maximum absolute atomic E-state index is 12.9. The van der Waals surface area contributed by atoms with Crippen molar-refractivity contribution in [1.82, 2.24) is 0 Å². The minimum atomic E-state index is -5.99. The van der Waals surface area contributed by atoms with E-state index in [1.54, 1.807) is 0 Å². The van der Waals surface area contributed by atoms with Crippen molar-refractivity contribution in [3.8, 4) is 0 Å². The van der Waals surface area contributed by atoms with Crippen LogP contribution in [0.25, 0.3) is 0 Å². The smallest absolute Gasteiger partial charge is 0.426 e. The summed E-state index contributed by atoms with van der Waals surface area (Å²) in [6, 6.07) is 0. The van der Waals surface area contributed by atoms with Crippen molar-refractivity contribution < 1.29 is 54.2 Å². The molecule has 3 nitrogen and oxygen atoms in total. The standard InChI is InChI=1S/C16H17F9O3/c1-6-8-3-9(5-13(27,15(20,21)22)16(23,24)25)11(6)10(4-8)28-12(26)7(2)14(17,18)19/h6,8-11,27H,2-5H2,1H3/t6-,8?,9?,10?,11?/m1/s1. The molecule has 2 aliphatic rings. The van der Waals surface area contributed by atoms with Crippen LogP contribution < -0.4 is 0 Å². The number of hydrogen-bond acceptors (Lipinski definition) is 3. The Morgan fingerprint density at radius 3 is 1.93 bits per heavy atom. The fraction of sp³-hybridized carbons (Fsp3) is 0.812. The second-order valence-electron chi connectivity index (χ2n) is 7.41. The summed E-state index contributed by atoms with van der Waals surface area (Å²) in [4.78, 5) is 11.6. The van der Waals surface area contributed by atoms with Gasteiger partial charge < -0.3 is 9.84 Å². The molecule has 0 spiro atoms. The van der Waals surface area contributed by atoms with Gasteiger partial charge in [-0.25, -0.2) is 4.79 Å². The van der Waals surface area contributed by atoms with Gasteiger partial charge in [-0.1, -0.05) is 13.5 Å². The lowest BCUT2D eigenvalue weighted by Crippen LogP contribution is -2.58. The third kappa shape index (κ3) is 3.84. The summed E-state index contributed by atoms with van der Waals surface area (Å²) in [5.41, 5.74) is -6.78. The van der Waals surface area contributed by atoms with Gasteiger partial charge in [0, 0.05) is 5.92 Å². The highest BCUT2D eigenvalue weighted by molar-refractivity contribution is 5.89. The van der Waals surface area contributed by atoms with Gasteiger partial charge in [0.2, 0.25) is 0 Å². The highest BCUT2D eigenvalue weighted by atomic mass is 19.4. The molecule has 0 aromatic carbocycles. The summed E-state index contributed by atoms with van der Waals surface area (Å²) < 4.78 is 120. The van der Waals surface area contributed by atoms with Crippen molar-refractivity contribution in [3.05, 3.63) is 12.2 Å². The molecule has 0 aliphatic heterocycles. The molecule has 28 heavy (non-hydrogen) atoms. The quantitative estimate of drug-likeness (QED) is 0.406. The number of aliphatic hydroxyl groups is 1. The highest BCUT2D eigenvalue weighted by Gasteiger charge is 2.72. The van der Waals surface area contributed by atoms with Crippen molar-refractivity contribution in [1.29, 1.82) is 0 Å². The third-order valence-corrected chi connectivity index (χ3v) is 5.81. The SMILES string of the molecule is C=C(C(=O)OC1CC2CC(CC(O)(C(F)(F)F)C(F)(F)F)C1[C@@H]2C)C(F)(F)F. The number of rotatable bonds is 4. The van der Waals surface area contributed by atoms with Gasteiger partial charge in [-0.05, 0) is 37.0 Å². The average Bonchev–Trinajstić information content (AvgIpc) is 2.94. The molecule has 2 aliphatic carbocycles. The Kier molecular flexibility index (Phi) is 5.55. The van der Waals surface area contributed by atoms with E-state index >= 15 is 0 Å². The van der Waals surface area contributed by atoms with Crippen LogP contribution in [-0.4, -0.2) is 41.3 Å². The molecule has 1 N–H and O–H groups in total. The summed E-state index contributed by atoms with van der Waals surface area (Å²) in [5.74, 6) is -5.10. The van der Waals surface area contributed by atoms with Crippen LogP contribution in [0.3, 0.4) is 0 Å². The van der Waals surface area contributed by atoms with E-state index in [2.05, 4.69) is 6.58 Å². The molecule has 0 radical (unpaired) electrons. The minimum absolute atomic E-state index is 0.0235. The molecule has 2 saturated carbocycles. The molecule has 0 saturated heterocycles. The number of esters is 1. The van der Waals surface area contributed by atoms with Crippen LogP contribution >= 0.6 is 0 Å². The number of hydrogen-bond donors (Lipinski definition) is 1. The van der Waals surface area contributed by atoms with E-state index in [1.165, 1.54) is 6.92 Å². The first kappa shape index (κ1) is 22.8. The summed E-state index contributed by atoms with van der Waals surface area (Å²) in [5, 5.41) is 9.40. The van der Waals surface area contributed by atoms with Gasteiger partial charge in [0.05, 0.1) is 0 Å². The zero-order chi connectivity index (χ0) is 21.9. The first-order valence-electron chi connectivity index (χ1n) is 8.23. The van der Waals surface area contributed by atoms with Crippen LogP contribution in [0.1, 0.15) is 26.2 Å². The van der Waals surface area contributed by atoms with Crippen molar-refractivity contribution >= 4 is 5.97 Å². The van der Waals surface area contributed by atoms with Gasteiger partial charge in [-0.2, -0.15) is 39.5 Å². The summed E-state index contributed by atoms with van der Waals surface area (Å²) in [6.07, 6.45) is -20.1. The van der Waals surface area contributed by atoms with Gasteiger partial charge in [-0.3, -0.25) is 0 Å². The monoisotopic (exact) mass is 428 g/mol. The molecule has 2 bridgehead atoms. The normalized spacial score (nSPS) is 31.2. The van der Waals surface area contributed by atoms with E-state index in [-0.39, 0.29) is 12.8 Å². The van der Waals surface area contributed by atoms with Crippen molar-refractivity contribution in [2.24, 2.45) is 23.7 Å². The summed E-state index contributed by atoms with van der Waals surface area (Å²) >= 11 is 0. The van der Waals surface area contributed by atoms with Gasteiger partial charge in [-0.15, -0.1) is 0 Å². The van der Waals surface area contributed by atoms with Crippen molar-refractivity contribution in [3.63, 3.8) is 0 Å². The summed E-state index contributed by atoms with van der Waals surface area (Å²) in [7, 11) is 0. The van der Waals surface area contributed by atoms with Crippen LogP contribution in [0.2, 0.25) is 0 Å².